The maximum Gasteiger partial charge on any atom is 0.274 e. The quantitative estimate of drug-likeness (QED) is 0.472. The van der Waals surface area contributed by atoms with E-state index in [1.54, 1.807) is 13.1 Å². The zero-order valence-corrected chi connectivity index (χ0v) is 9.11. The Morgan fingerprint density at radius 2 is 2.25 bits per heavy atom. The van der Waals surface area contributed by atoms with Crippen molar-refractivity contribution in [2.24, 2.45) is 0 Å². The molecule has 1 N–H and O–H groups in total. The van der Waals surface area contributed by atoms with Gasteiger partial charge in [-0.25, -0.2) is 0 Å². The molecule has 0 aliphatic carbocycles. The van der Waals surface area contributed by atoms with E-state index in [-0.39, 0.29) is 5.69 Å². The maximum atomic E-state index is 10.6. The number of hydrogen-bond donors (Lipinski definition) is 1. The summed E-state index contributed by atoms with van der Waals surface area (Å²) >= 11 is 0. The van der Waals surface area contributed by atoms with Crippen LogP contribution in [0.3, 0.4) is 0 Å². The molecule has 16 heavy (non-hydrogen) atoms. The number of methoxy groups -OCH3 is 1. The van der Waals surface area contributed by atoms with Gasteiger partial charge in [-0.05, 0) is 13.1 Å². The Hall–Kier alpha value is -2.06. The summed E-state index contributed by atoms with van der Waals surface area (Å²) in [6.07, 6.45) is 0. The topological polar surface area (TPSA) is 64.4 Å². The molecule has 84 valence electrons. The number of benzene rings is 1. The predicted molar refractivity (Wildman–Crippen MR) is 60.5 cm³/mol. The van der Waals surface area contributed by atoms with Gasteiger partial charge in [0.25, 0.3) is 5.69 Å². The molecule has 0 aliphatic rings. The van der Waals surface area contributed by atoms with Crippen LogP contribution in [-0.2, 0) is 0 Å². The van der Waals surface area contributed by atoms with Crippen LogP contribution in [0.5, 0.6) is 5.75 Å². The molecule has 0 saturated heterocycles. The van der Waals surface area contributed by atoms with Crippen molar-refractivity contribution >= 4 is 5.69 Å². The van der Waals surface area contributed by atoms with Crippen molar-refractivity contribution in [3.8, 4) is 17.6 Å². The molecular formula is C11H12N2O3. The molecule has 0 aromatic heterocycles. The molecule has 0 amide bonds. The van der Waals surface area contributed by atoms with Gasteiger partial charge in [-0.2, -0.15) is 0 Å². The van der Waals surface area contributed by atoms with E-state index < -0.39 is 4.92 Å². The van der Waals surface area contributed by atoms with E-state index in [1.807, 2.05) is 0 Å². The van der Waals surface area contributed by atoms with Crippen LogP contribution < -0.4 is 10.1 Å². The van der Waals surface area contributed by atoms with Gasteiger partial charge in [0.15, 0.2) is 0 Å². The molecule has 5 heteroatoms. The van der Waals surface area contributed by atoms with Gasteiger partial charge in [0.1, 0.15) is 5.75 Å². The fourth-order valence-corrected chi connectivity index (χ4v) is 1.11. The van der Waals surface area contributed by atoms with E-state index in [9.17, 15) is 10.1 Å². The van der Waals surface area contributed by atoms with Crippen molar-refractivity contribution in [1.29, 1.82) is 0 Å². The summed E-state index contributed by atoms with van der Waals surface area (Å²) in [5, 5.41) is 13.5. The second-order valence-corrected chi connectivity index (χ2v) is 3.01. The number of rotatable bonds is 3. The third-order valence-electron chi connectivity index (χ3n) is 1.84. The van der Waals surface area contributed by atoms with Crippen molar-refractivity contribution in [2.75, 3.05) is 20.7 Å². The molecule has 0 atom stereocenters. The normalized spacial score (nSPS) is 9.12. The van der Waals surface area contributed by atoms with E-state index in [2.05, 4.69) is 17.2 Å². The summed E-state index contributed by atoms with van der Waals surface area (Å²) in [7, 11) is 3.24. The first-order valence-corrected chi connectivity index (χ1v) is 4.64. The average molecular weight is 220 g/mol. The van der Waals surface area contributed by atoms with Gasteiger partial charge in [-0.1, -0.05) is 11.8 Å². The van der Waals surface area contributed by atoms with Gasteiger partial charge in [0.05, 0.1) is 24.6 Å². The molecule has 1 aromatic carbocycles. The fraction of sp³-hybridized carbons (Fsp3) is 0.273. The largest absolute Gasteiger partial charge is 0.496 e. The Bertz CT molecular complexity index is 446. The van der Waals surface area contributed by atoms with Gasteiger partial charge in [0.2, 0.25) is 0 Å². The number of nitrogens with zero attached hydrogens (tertiary/aromatic N) is 1. The molecule has 5 nitrogen and oxygen atoms in total. The summed E-state index contributed by atoms with van der Waals surface area (Å²) in [5.41, 5.74) is 0.550. The van der Waals surface area contributed by atoms with E-state index in [0.717, 1.165) is 0 Å². The molecule has 0 spiro atoms. The number of nitro groups is 1. The zero-order chi connectivity index (χ0) is 12.0. The van der Waals surface area contributed by atoms with Gasteiger partial charge in [0, 0.05) is 11.6 Å². The van der Waals surface area contributed by atoms with Gasteiger partial charge >= 0.3 is 0 Å². The number of nitrogens with one attached hydrogen (secondary N) is 1. The Kier molecular flexibility index (Phi) is 4.30. The number of ether oxygens (including phenoxy) is 1. The molecule has 0 fully saturated rings. The monoisotopic (exact) mass is 220 g/mol. The van der Waals surface area contributed by atoms with Crippen molar-refractivity contribution in [3.63, 3.8) is 0 Å². The highest BCUT2D eigenvalue weighted by molar-refractivity contribution is 5.49. The highest BCUT2D eigenvalue weighted by Gasteiger charge is 2.08. The maximum absolute atomic E-state index is 10.6. The van der Waals surface area contributed by atoms with E-state index >= 15 is 0 Å². The summed E-state index contributed by atoms with van der Waals surface area (Å²) in [5.74, 6) is 6.08. The minimum atomic E-state index is -0.466. The Balaban J connectivity index is 3.06. The van der Waals surface area contributed by atoms with Crippen molar-refractivity contribution in [2.45, 2.75) is 0 Å². The third-order valence-corrected chi connectivity index (χ3v) is 1.84. The lowest BCUT2D eigenvalue weighted by atomic mass is 10.2. The summed E-state index contributed by atoms with van der Waals surface area (Å²) in [4.78, 5) is 10.2. The summed E-state index contributed by atoms with van der Waals surface area (Å²) < 4.78 is 4.96. The van der Waals surface area contributed by atoms with Crippen molar-refractivity contribution in [1.82, 2.24) is 5.32 Å². The average Bonchev–Trinajstić information content (AvgIpc) is 2.29. The summed E-state index contributed by atoms with van der Waals surface area (Å²) in [6.45, 7) is 0.533. The Morgan fingerprint density at radius 1 is 1.50 bits per heavy atom. The molecule has 0 heterocycles. The Morgan fingerprint density at radius 3 is 2.81 bits per heavy atom. The predicted octanol–water partition coefficient (Wildman–Crippen LogP) is 1.17. The highest BCUT2D eigenvalue weighted by Crippen LogP contribution is 2.21. The first-order chi connectivity index (χ1) is 7.67. The minimum Gasteiger partial charge on any atom is -0.496 e. The van der Waals surface area contributed by atoms with Gasteiger partial charge in [-0.3, -0.25) is 10.1 Å². The van der Waals surface area contributed by atoms with Gasteiger partial charge < -0.3 is 10.1 Å². The molecule has 0 bridgehead atoms. The third kappa shape index (κ3) is 3.26. The standard InChI is InChI=1S/C11H12N2O3/c1-12-5-3-4-9-6-10(13(14)15)8-11(7-9)16-2/h6-8,12H,5H2,1-2H3. The summed E-state index contributed by atoms with van der Waals surface area (Å²) in [6, 6.07) is 4.45. The lowest BCUT2D eigenvalue weighted by Crippen LogP contribution is -2.04. The van der Waals surface area contributed by atoms with Crippen LogP contribution in [0.4, 0.5) is 5.69 Å². The SMILES string of the molecule is CNCC#Cc1cc(OC)cc([N+](=O)[O-])c1. The fourth-order valence-electron chi connectivity index (χ4n) is 1.11. The zero-order valence-electron chi connectivity index (χ0n) is 9.11. The first kappa shape index (κ1) is 12.0. The van der Waals surface area contributed by atoms with Crippen molar-refractivity contribution < 1.29 is 9.66 Å². The molecule has 1 aromatic rings. The molecular weight excluding hydrogens is 208 g/mol. The highest BCUT2D eigenvalue weighted by atomic mass is 16.6. The second-order valence-electron chi connectivity index (χ2n) is 3.01. The van der Waals surface area contributed by atoms with Crippen LogP contribution in [0, 0.1) is 22.0 Å². The molecule has 0 aliphatic heterocycles. The molecule has 1 rings (SSSR count). The van der Waals surface area contributed by atoms with Crippen LogP contribution in [0.2, 0.25) is 0 Å². The second kappa shape index (κ2) is 5.73. The van der Waals surface area contributed by atoms with Crippen LogP contribution in [-0.4, -0.2) is 25.6 Å². The van der Waals surface area contributed by atoms with Crippen molar-refractivity contribution in [3.05, 3.63) is 33.9 Å². The smallest absolute Gasteiger partial charge is 0.274 e. The van der Waals surface area contributed by atoms with Crippen LogP contribution in [0.25, 0.3) is 0 Å². The van der Waals surface area contributed by atoms with Crippen LogP contribution in [0.15, 0.2) is 18.2 Å². The number of nitro benzene ring substituents is 1. The first-order valence-electron chi connectivity index (χ1n) is 4.64. The minimum absolute atomic E-state index is 0.0203. The molecule has 0 saturated carbocycles. The van der Waals surface area contributed by atoms with Crippen LogP contribution >= 0.6 is 0 Å². The molecule has 0 unspecified atom stereocenters. The lowest BCUT2D eigenvalue weighted by Gasteiger charge is -2.00. The van der Waals surface area contributed by atoms with Crippen LogP contribution in [0.1, 0.15) is 5.56 Å². The number of hydrogen-bond acceptors (Lipinski definition) is 4. The molecule has 0 radical (unpaired) electrons. The van der Waals surface area contributed by atoms with Gasteiger partial charge in [-0.15, -0.1) is 0 Å². The Labute approximate surface area is 93.6 Å². The van der Waals surface area contributed by atoms with E-state index in [1.165, 1.54) is 19.2 Å². The van der Waals surface area contributed by atoms with E-state index in [4.69, 9.17) is 4.74 Å². The number of non-ortho nitro benzene ring substituents is 1. The van der Waals surface area contributed by atoms with E-state index in [0.29, 0.717) is 17.9 Å². The lowest BCUT2D eigenvalue weighted by molar-refractivity contribution is -0.384.